The lowest BCUT2D eigenvalue weighted by Gasteiger charge is -2.32. The van der Waals surface area contributed by atoms with Gasteiger partial charge in [0.15, 0.2) is 0 Å². The van der Waals surface area contributed by atoms with Crippen LogP contribution in [-0.2, 0) is 16.1 Å². The van der Waals surface area contributed by atoms with Crippen molar-refractivity contribution < 1.29 is 14.0 Å². The molecule has 1 unspecified atom stereocenters. The summed E-state index contributed by atoms with van der Waals surface area (Å²) in [5.41, 5.74) is -0.308. The SMILES string of the molecule is CC1CC(=O)NC(C)(C)C(=O)N1Cc1ccc(F)cc1Cl. The number of benzene rings is 1. The molecule has 1 N–H and O–H groups in total. The molecule has 0 radical (unpaired) electrons. The Bertz CT molecular complexity index is 589. The molecule has 6 heteroatoms. The molecule has 1 atom stereocenters. The number of carbonyl (C=O) groups excluding carboxylic acids is 2. The highest BCUT2D eigenvalue weighted by molar-refractivity contribution is 6.31. The van der Waals surface area contributed by atoms with Crippen molar-refractivity contribution in [2.24, 2.45) is 0 Å². The van der Waals surface area contributed by atoms with Crippen molar-refractivity contribution in [1.82, 2.24) is 10.2 Å². The average molecular weight is 313 g/mol. The van der Waals surface area contributed by atoms with Gasteiger partial charge in [-0.05, 0) is 38.5 Å². The third-order valence-electron chi connectivity index (χ3n) is 3.62. The molecule has 1 saturated heterocycles. The van der Waals surface area contributed by atoms with Gasteiger partial charge in [0.05, 0.1) is 0 Å². The number of halogens is 2. The Morgan fingerprint density at radius 2 is 2.10 bits per heavy atom. The summed E-state index contributed by atoms with van der Waals surface area (Å²) >= 11 is 6.02. The van der Waals surface area contributed by atoms with E-state index in [1.165, 1.54) is 12.1 Å². The van der Waals surface area contributed by atoms with E-state index in [4.69, 9.17) is 11.6 Å². The fraction of sp³-hybridized carbons (Fsp3) is 0.467. The highest BCUT2D eigenvalue weighted by Crippen LogP contribution is 2.24. The minimum absolute atomic E-state index is 0.159. The summed E-state index contributed by atoms with van der Waals surface area (Å²) in [6.07, 6.45) is 0.230. The second-order valence-corrected chi connectivity index (χ2v) is 6.30. The van der Waals surface area contributed by atoms with E-state index in [2.05, 4.69) is 5.32 Å². The van der Waals surface area contributed by atoms with Crippen LogP contribution in [0.4, 0.5) is 4.39 Å². The molecule has 1 fully saturated rings. The zero-order valence-electron chi connectivity index (χ0n) is 12.2. The first-order chi connectivity index (χ1) is 9.70. The van der Waals surface area contributed by atoms with Crippen LogP contribution >= 0.6 is 11.6 Å². The van der Waals surface area contributed by atoms with Crippen LogP contribution in [0.2, 0.25) is 5.02 Å². The molecular weight excluding hydrogens is 295 g/mol. The lowest BCUT2D eigenvalue weighted by molar-refractivity contribution is -0.139. The average Bonchev–Trinajstić information content (AvgIpc) is 2.41. The summed E-state index contributed by atoms with van der Waals surface area (Å²) in [6, 6.07) is 3.84. The number of amides is 2. The molecule has 1 aliphatic rings. The van der Waals surface area contributed by atoms with Crippen LogP contribution in [0.25, 0.3) is 0 Å². The minimum Gasteiger partial charge on any atom is -0.342 e. The van der Waals surface area contributed by atoms with E-state index in [0.717, 1.165) is 0 Å². The summed E-state index contributed by atoms with van der Waals surface area (Å²) in [5, 5.41) is 2.99. The number of hydrogen-bond donors (Lipinski definition) is 1. The first-order valence-corrected chi connectivity index (χ1v) is 7.14. The van der Waals surface area contributed by atoms with Crippen molar-refractivity contribution in [1.29, 1.82) is 0 Å². The van der Waals surface area contributed by atoms with Crippen molar-refractivity contribution in [3.8, 4) is 0 Å². The molecule has 0 saturated carbocycles. The zero-order valence-corrected chi connectivity index (χ0v) is 13.0. The second-order valence-electron chi connectivity index (χ2n) is 5.90. The van der Waals surface area contributed by atoms with E-state index in [1.807, 2.05) is 6.92 Å². The van der Waals surface area contributed by atoms with Crippen LogP contribution in [0, 0.1) is 5.82 Å². The molecule has 2 rings (SSSR count). The Kier molecular flexibility index (Phi) is 4.23. The fourth-order valence-corrected chi connectivity index (χ4v) is 2.68. The summed E-state index contributed by atoms with van der Waals surface area (Å²) in [5.74, 6) is -0.758. The summed E-state index contributed by atoms with van der Waals surface area (Å²) in [4.78, 5) is 26.0. The molecule has 1 aromatic rings. The Labute approximate surface area is 128 Å². The van der Waals surface area contributed by atoms with E-state index in [0.29, 0.717) is 5.56 Å². The van der Waals surface area contributed by atoms with Gasteiger partial charge in [-0.2, -0.15) is 0 Å². The van der Waals surface area contributed by atoms with Crippen LogP contribution in [0.15, 0.2) is 18.2 Å². The number of nitrogens with zero attached hydrogens (tertiary/aromatic N) is 1. The van der Waals surface area contributed by atoms with Gasteiger partial charge in [0, 0.05) is 24.0 Å². The molecule has 1 aromatic carbocycles. The van der Waals surface area contributed by atoms with Crippen LogP contribution in [0.5, 0.6) is 0 Å². The van der Waals surface area contributed by atoms with Crippen molar-refractivity contribution in [2.45, 2.75) is 45.3 Å². The maximum absolute atomic E-state index is 13.1. The molecule has 1 aliphatic heterocycles. The van der Waals surface area contributed by atoms with E-state index in [-0.39, 0.29) is 35.8 Å². The van der Waals surface area contributed by atoms with Gasteiger partial charge in [-0.25, -0.2) is 4.39 Å². The molecule has 114 valence electrons. The van der Waals surface area contributed by atoms with E-state index in [9.17, 15) is 14.0 Å². The Morgan fingerprint density at radius 1 is 1.43 bits per heavy atom. The monoisotopic (exact) mass is 312 g/mol. The molecule has 21 heavy (non-hydrogen) atoms. The summed E-state index contributed by atoms with van der Waals surface area (Å²) in [7, 11) is 0. The lowest BCUT2D eigenvalue weighted by Crippen LogP contribution is -2.53. The summed E-state index contributed by atoms with van der Waals surface area (Å²) in [6.45, 7) is 5.41. The van der Waals surface area contributed by atoms with Crippen LogP contribution in [0.3, 0.4) is 0 Å². The second kappa shape index (κ2) is 5.64. The fourth-order valence-electron chi connectivity index (χ4n) is 2.45. The van der Waals surface area contributed by atoms with Crippen LogP contribution < -0.4 is 5.32 Å². The van der Waals surface area contributed by atoms with Gasteiger partial charge in [-0.1, -0.05) is 17.7 Å². The maximum Gasteiger partial charge on any atom is 0.248 e. The van der Waals surface area contributed by atoms with Gasteiger partial charge in [-0.15, -0.1) is 0 Å². The smallest absolute Gasteiger partial charge is 0.248 e. The first kappa shape index (κ1) is 15.8. The van der Waals surface area contributed by atoms with Gasteiger partial charge in [0.25, 0.3) is 0 Å². The van der Waals surface area contributed by atoms with Crippen LogP contribution in [0.1, 0.15) is 32.8 Å². The highest BCUT2D eigenvalue weighted by Gasteiger charge is 2.39. The predicted octanol–water partition coefficient (Wildman–Crippen LogP) is 2.49. The van der Waals surface area contributed by atoms with Crippen LogP contribution in [-0.4, -0.2) is 28.3 Å². The molecule has 1 heterocycles. The van der Waals surface area contributed by atoms with Crippen molar-refractivity contribution in [3.05, 3.63) is 34.6 Å². The Morgan fingerprint density at radius 3 is 2.71 bits per heavy atom. The number of nitrogens with one attached hydrogen (secondary N) is 1. The third kappa shape index (κ3) is 3.35. The zero-order chi connectivity index (χ0) is 15.8. The van der Waals surface area contributed by atoms with E-state index >= 15 is 0 Å². The van der Waals surface area contributed by atoms with E-state index < -0.39 is 11.4 Å². The molecular formula is C15H18ClFN2O2. The summed E-state index contributed by atoms with van der Waals surface area (Å²) < 4.78 is 13.1. The number of hydrogen-bond acceptors (Lipinski definition) is 2. The van der Waals surface area contributed by atoms with Gasteiger partial charge in [0.1, 0.15) is 11.4 Å². The maximum atomic E-state index is 13.1. The third-order valence-corrected chi connectivity index (χ3v) is 3.97. The Hall–Kier alpha value is -1.62. The minimum atomic E-state index is -0.964. The molecule has 0 aliphatic carbocycles. The standard InChI is InChI=1S/C15H18ClFN2O2/c1-9-6-13(20)18-15(2,3)14(21)19(9)8-10-4-5-11(17)7-12(10)16/h4-5,7,9H,6,8H2,1-3H3,(H,18,20). The topological polar surface area (TPSA) is 49.4 Å². The van der Waals surface area contributed by atoms with Gasteiger partial charge >= 0.3 is 0 Å². The number of carbonyl (C=O) groups is 2. The highest BCUT2D eigenvalue weighted by atomic mass is 35.5. The van der Waals surface area contributed by atoms with Gasteiger partial charge in [-0.3, -0.25) is 9.59 Å². The normalized spacial score (nSPS) is 22.0. The van der Waals surface area contributed by atoms with Crippen molar-refractivity contribution in [2.75, 3.05) is 0 Å². The Balaban J connectivity index is 2.31. The molecule has 4 nitrogen and oxygen atoms in total. The van der Waals surface area contributed by atoms with Gasteiger partial charge in [0.2, 0.25) is 11.8 Å². The lowest BCUT2D eigenvalue weighted by atomic mass is 10.0. The van der Waals surface area contributed by atoms with Crippen molar-refractivity contribution in [3.63, 3.8) is 0 Å². The molecule has 0 bridgehead atoms. The molecule has 2 amide bonds. The number of rotatable bonds is 2. The van der Waals surface area contributed by atoms with E-state index in [1.54, 1.807) is 24.8 Å². The predicted molar refractivity (Wildman–Crippen MR) is 78.3 cm³/mol. The molecule has 0 spiro atoms. The largest absolute Gasteiger partial charge is 0.342 e. The molecule has 0 aromatic heterocycles. The van der Waals surface area contributed by atoms with Gasteiger partial charge < -0.3 is 10.2 Å². The first-order valence-electron chi connectivity index (χ1n) is 6.76. The quantitative estimate of drug-likeness (QED) is 0.912. The van der Waals surface area contributed by atoms with Crippen molar-refractivity contribution >= 4 is 23.4 Å².